The average Bonchev–Trinajstić information content (AvgIpc) is 2.51. The van der Waals surface area contributed by atoms with Crippen LogP contribution in [0.4, 0.5) is 0 Å². The Bertz CT molecular complexity index is 999. The van der Waals surface area contributed by atoms with Crippen LogP contribution in [0, 0.1) is 18.3 Å². The molecule has 0 unspecified atom stereocenters. The number of ketones is 1. The zero-order valence-corrected chi connectivity index (χ0v) is 15.1. The molecule has 2 rings (SSSR count). The number of benzene rings is 1. The molecule has 1 N–H and O–H groups in total. The molecule has 6 nitrogen and oxygen atoms in total. The molecule has 1 aromatic heterocycles. The molecule has 0 amide bonds. The van der Waals surface area contributed by atoms with Crippen LogP contribution in [0.25, 0.3) is 0 Å². The molecule has 6 heteroatoms. The number of hydrogen-bond acceptors (Lipinski definition) is 4. The Morgan fingerprint density at radius 1 is 1.24 bits per heavy atom. The molecule has 0 spiro atoms. The van der Waals surface area contributed by atoms with Crippen LogP contribution in [0.5, 0.6) is 0 Å². The van der Waals surface area contributed by atoms with E-state index < -0.39 is 22.4 Å². The standard InChI is InChI=1S/C19H21N3O3/c1-6-22-15(14(19(3,4)5)17(24)21-18(22)25)16(23)13-8-11(2)7-12(9-13)10-20/h7-9H,6H2,1-5H3,(H,21,24,25). The van der Waals surface area contributed by atoms with E-state index in [9.17, 15) is 14.4 Å². The number of nitriles is 1. The van der Waals surface area contributed by atoms with E-state index >= 15 is 0 Å². The molecule has 0 aliphatic carbocycles. The lowest BCUT2D eigenvalue weighted by molar-refractivity contribution is 0.102. The van der Waals surface area contributed by atoms with Gasteiger partial charge in [0.05, 0.1) is 17.2 Å². The molecule has 0 fully saturated rings. The first-order valence-corrected chi connectivity index (χ1v) is 8.04. The average molecular weight is 339 g/mol. The van der Waals surface area contributed by atoms with Crippen molar-refractivity contribution in [3.63, 3.8) is 0 Å². The van der Waals surface area contributed by atoms with E-state index in [0.717, 1.165) is 5.56 Å². The third-order valence-corrected chi connectivity index (χ3v) is 3.95. The summed E-state index contributed by atoms with van der Waals surface area (Å²) in [6.45, 7) is 9.21. The number of aryl methyl sites for hydroxylation is 1. The normalized spacial score (nSPS) is 11.2. The predicted octanol–water partition coefficient (Wildman–Crippen LogP) is 2.27. The molecular weight excluding hydrogens is 318 g/mol. The number of aromatic amines is 1. The third-order valence-electron chi connectivity index (χ3n) is 3.95. The summed E-state index contributed by atoms with van der Waals surface area (Å²) in [4.78, 5) is 40.1. The molecule has 1 heterocycles. The molecule has 0 bridgehead atoms. The topological polar surface area (TPSA) is 95.7 Å². The number of nitrogens with one attached hydrogen (secondary N) is 1. The summed E-state index contributed by atoms with van der Waals surface area (Å²) >= 11 is 0. The van der Waals surface area contributed by atoms with Gasteiger partial charge in [-0.25, -0.2) is 4.79 Å². The lowest BCUT2D eigenvalue weighted by Crippen LogP contribution is -2.40. The third kappa shape index (κ3) is 3.45. The zero-order valence-electron chi connectivity index (χ0n) is 15.1. The van der Waals surface area contributed by atoms with Crippen molar-refractivity contribution < 1.29 is 4.79 Å². The van der Waals surface area contributed by atoms with Gasteiger partial charge >= 0.3 is 5.69 Å². The van der Waals surface area contributed by atoms with Crippen molar-refractivity contribution in [3.8, 4) is 6.07 Å². The van der Waals surface area contributed by atoms with Crippen LogP contribution in [-0.2, 0) is 12.0 Å². The minimum atomic E-state index is -0.634. The molecule has 1 aromatic carbocycles. The number of carbonyl (C=O) groups is 1. The second kappa shape index (κ2) is 6.52. The van der Waals surface area contributed by atoms with E-state index in [1.54, 1.807) is 26.0 Å². The van der Waals surface area contributed by atoms with Gasteiger partial charge in [0, 0.05) is 12.1 Å². The molecule has 2 aromatic rings. The number of nitrogens with zero attached hydrogens (tertiary/aromatic N) is 2. The van der Waals surface area contributed by atoms with Crippen LogP contribution in [0.3, 0.4) is 0 Å². The fourth-order valence-corrected chi connectivity index (χ4v) is 2.92. The van der Waals surface area contributed by atoms with Crippen molar-refractivity contribution >= 4 is 5.78 Å². The first kappa shape index (κ1) is 18.4. The number of H-pyrrole nitrogens is 1. The maximum absolute atomic E-state index is 13.2. The molecule has 0 saturated heterocycles. The number of carbonyl (C=O) groups excluding carboxylic acids is 1. The monoisotopic (exact) mass is 339 g/mol. The number of aromatic nitrogens is 2. The number of rotatable bonds is 3. The van der Waals surface area contributed by atoms with Crippen LogP contribution in [-0.4, -0.2) is 15.3 Å². The zero-order chi connectivity index (χ0) is 18.9. The van der Waals surface area contributed by atoms with Gasteiger partial charge in [-0.1, -0.05) is 20.8 Å². The summed E-state index contributed by atoms with van der Waals surface area (Å²) in [5.41, 5.74) is -0.0570. The second-order valence-corrected chi connectivity index (χ2v) is 7.01. The molecule has 25 heavy (non-hydrogen) atoms. The summed E-state index contributed by atoms with van der Waals surface area (Å²) in [6, 6.07) is 6.83. The van der Waals surface area contributed by atoms with Gasteiger partial charge in [0.2, 0.25) is 5.78 Å². The van der Waals surface area contributed by atoms with Crippen LogP contribution in [0.15, 0.2) is 27.8 Å². The van der Waals surface area contributed by atoms with Crippen molar-refractivity contribution in [3.05, 3.63) is 67.0 Å². The van der Waals surface area contributed by atoms with Crippen LogP contribution in [0.1, 0.15) is 60.4 Å². The Kier molecular flexibility index (Phi) is 4.80. The van der Waals surface area contributed by atoms with E-state index in [-0.39, 0.29) is 23.4 Å². The Hall–Kier alpha value is -2.94. The summed E-state index contributed by atoms with van der Waals surface area (Å²) in [5.74, 6) is -0.435. The van der Waals surface area contributed by atoms with Crippen molar-refractivity contribution in [1.29, 1.82) is 5.26 Å². The quantitative estimate of drug-likeness (QED) is 0.868. The predicted molar refractivity (Wildman–Crippen MR) is 95.0 cm³/mol. The minimum absolute atomic E-state index is 0.0817. The Labute approximate surface area is 145 Å². The molecule has 0 atom stereocenters. The van der Waals surface area contributed by atoms with Gasteiger partial charge in [0.1, 0.15) is 5.69 Å². The largest absolute Gasteiger partial charge is 0.328 e. The van der Waals surface area contributed by atoms with Crippen LogP contribution >= 0.6 is 0 Å². The van der Waals surface area contributed by atoms with E-state index in [1.165, 1.54) is 10.6 Å². The molecule has 0 aliphatic heterocycles. The second-order valence-electron chi connectivity index (χ2n) is 7.01. The van der Waals surface area contributed by atoms with Gasteiger partial charge in [-0.05, 0) is 43.0 Å². The van der Waals surface area contributed by atoms with E-state index in [0.29, 0.717) is 5.56 Å². The van der Waals surface area contributed by atoms with Gasteiger partial charge < -0.3 is 0 Å². The van der Waals surface area contributed by atoms with Crippen molar-refractivity contribution in [2.45, 2.75) is 46.6 Å². The lowest BCUT2D eigenvalue weighted by atomic mass is 9.84. The van der Waals surface area contributed by atoms with Gasteiger partial charge in [0.25, 0.3) is 5.56 Å². The highest BCUT2D eigenvalue weighted by atomic mass is 16.2. The molecule has 0 radical (unpaired) electrons. The molecule has 130 valence electrons. The highest BCUT2D eigenvalue weighted by Gasteiger charge is 2.29. The van der Waals surface area contributed by atoms with Crippen molar-refractivity contribution in [1.82, 2.24) is 9.55 Å². The fourth-order valence-electron chi connectivity index (χ4n) is 2.92. The smallest absolute Gasteiger partial charge is 0.290 e. The van der Waals surface area contributed by atoms with Crippen LogP contribution in [0.2, 0.25) is 0 Å². The van der Waals surface area contributed by atoms with Gasteiger partial charge in [-0.15, -0.1) is 0 Å². The highest BCUT2D eigenvalue weighted by Crippen LogP contribution is 2.24. The number of hydrogen-bond donors (Lipinski definition) is 1. The first-order chi connectivity index (χ1) is 11.6. The molecule has 0 saturated carbocycles. The first-order valence-electron chi connectivity index (χ1n) is 8.04. The Balaban J connectivity index is 2.89. The van der Waals surface area contributed by atoms with Gasteiger partial charge in [-0.2, -0.15) is 5.26 Å². The fraction of sp³-hybridized carbons (Fsp3) is 0.368. The van der Waals surface area contributed by atoms with E-state index in [4.69, 9.17) is 5.26 Å². The van der Waals surface area contributed by atoms with Crippen LogP contribution < -0.4 is 11.2 Å². The minimum Gasteiger partial charge on any atom is -0.290 e. The lowest BCUT2D eigenvalue weighted by Gasteiger charge is -2.23. The van der Waals surface area contributed by atoms with Crippen molar-refractivity contribution in [2.24, 2.45) is 0 Å². The van der Waals surface area contributed by atoms with Gasteiger partial charge in [0.15, 0.2) is 0 Å². The maximum atomic E-state index is 13.2. The summed E-state index contributed by atoms with van der Waals surface area (Å²) < 4.78 is 1.28. The van der Waals surface area contributed by atoms with E-state index in [2.05, 4.69) is 4.98 Å². The van der Waals surface area contributed by atoms with Crippen molar-refractivity contribution in [2.75, 3.05) is 0 Å². The summed E-state index contributed by atoms with van der Waals surface area (Å²) in [6.07, 6.45) is 0. The SMILES string of the molecule is CCn1c(C(=O)c2cc(C)cc(C#N)c2)c(C(C)(C)C)c(=O)[nH]c1=O. The maximum Gasteiger partial charge on any atom is 0.328 e. The van der Waals surface area contributed by atoms with E-state index in [1.807, 2.05) is 26.8 Å². The Morgan fingerprint density at radius 2 is 1.88 bits per heavy atom. The molecular formula is C19H21N3O3. The highest BCUT2D eigenvalue weighted by molar-refractivity contribution is 6.09. The summed E-state index contributed by atoms with van der Waals surface area (Å²) in [7, 11) is 0. The van der Waals surface area contributed by atoms with Gasteiger partial charge in [-0.3, -0.25) is 19.1 Å². The Morgan fingerprint density at radius 3 is 2.40 bits per heavy atom. The molecule has 0 aliphatic rings. The summed E-state index contributed by atoms with van der Waals surface area (Å²) in [5, 5.41) is 9.14.